The van der Waals surface area contributed by atoms with Crippen molar-refractivity contribution < 1.29 is 19.1 Å². The van der Waals surface area contributed by atoms with Crippen LogP contribution in [0.1, 0.15) is 23.0 Å². The summed E-state index contributed by atoms with van der Waals surface area (Å²) in [4.78, 5) is 42.3. The van der Waals surface area contributed by atoms with Crippen LogP contribution in [-0.2, 0) is 9.53 Å². The highest BCUT2D eigenvalue weighted by molar-refractivity contribution is 8.00. The molecular formula is C17H18ClN3O5S. The number of carbonyl (C=O) groups is 2. The van der Waals surface area contributed by atoms with E-state index in [1.165, 1.54) is 7.11 Å². The Kier molecular flexibility index (Phi) is 7.26. The number of rotatable bonds is 7. The van der Waals surface area contributed by atoms with Gasteiger partial charge < -0.3 is 19.8 Å². The number of nitrogens with zero attached hydrogens (tertiary/aromatic N) is 1. The number of amides is 1. The normalized spacial score (nSPS) is 10.4. The molecular weight excluding hydrogens is 394 g/mol. The highest BCUT2D eigenvalue weighted by Crippen LogP contribution is 2.28. The number of thioether (sulfide) groups is 1. The van der Waals surface area contributed by atoms with E-state index in [0.29, 0.717) is 22.2 Å². The van der Waals surface area contributed by atoms with Crippen molar-refractivity contribution in [2.45, 2.75) is 18.9 Å². The van der Waals surface area contributed by atoms with Gasteiger partial charge in [-0.15, -0.1) is 0 Å². The fourth-order valence-corrected chi connectivity index (χ4v) is 3.25. The Hall–Kier alpha value is -2.52. The maximum Gasteiger partial charge on any atom is 0.346 e. The lowest BCUT2D eigenvalue weighted by molar-refractivity contribution is -0.113. The number of aromatic amines is 1. The first-order valence-electron chi connectivity index (χ1n) is 7.90. The van der Waals surface area contributed by atoms with E-state index in [-0.39, 0.29) is 28.9 Å². The van der Waals surface area contributed by atoms with E-state index >= 15 is 0 Å². The number of hydrogen-bond donors (Lipinski definition) is 2. The molecule has 27 heavy (non-hydrogen) atoms. The van der Waals surface area contributed by atoms with Crippen LogP contribution in [0.25, 0.3) is 0 Å². The van der Waals surface area contributed by atoms with Gasteiger partial charge in [-0.1, -0.05) is 23.4 Å². The standard InChI is InChI=1S/C17H18ClN3O5S/c1-4-26-16(23)14-9(2)19-17(24)21-15(14)27-8-13(22)20-11-7-10(18)5-6-12(11)25-3/h5-7H,4,8H2,1-3H3,(H,20,22)(H,19,21,24). The highest BCUT2D eigenvalue weighted by Gasteiger charge is 2.20. The summed E-state index contributed by atoms with van der Waals surface area (Å²) in [5.74, 6) is -0.624. The second-order valence-corrected chi connectivity index (χ2v) is 6.65. The van der Waals surface area contributed by atoms with Gasteiger partial charge in [0.2, 0.25) is 5.91 Å². The third-order valence-corrected chi connectivity index (χ3v) is 4.55. The first kappa shape index (κ1) is 20.8. The number of aryl methyl sites for hydroxylation is 1. The van der Waals surface area contributed by atoms with Crippen molar-refractivity contribution in [2.75, 3.05) is 24.8 Å². The molecule has 0 aliphatic rings. The van der Waals surface area contributed by atoms with E-state index in [0.717, 1.165) is 11.8 Å². The molecule has 2 N–H and O–H groups in total. The molecule has 0 radical (unpaired) electrons. The number of halogens is 1. The van der Waals surface area contributed by atoms with Crippen molar-refractivity contribution in [1.29, 1.82) is 0 Å². The number of H-pyrrole nitrogens is 1. The molecule has 0 saturated carbocycles. The van der Waals surface area contributed by atoms with E-state index in [9.17, 15) is 14.4 Å². The zero-order valence-electron chi connectivity index (χ0n) is 14.9. The molecule has 1 aromatic carbocycles. The molecule has 10 heteroatoms. The van der Waals surface area contributed by atoms with Crippen LogP contribution in [0.2, 0.25) is 5.02 Å². The van der Waals surface area contributed by atoms with Crippen molar-refractivity contribution in [3.8, 4) is 5.75 Å². The monoisotopic (exact) mass is 411 g/mol. The smallest absolute Gasteiger partial charge is 0.346 e. The number of anilines is 1. The molecule has 1 heterocycles. The second-order valence-electron chi connectivity index (χ2n) is 5.25. The van der Waals surface area contributed by atoms with Crippen LogP contribution in [-0.4, -0.2) is 41.3 Å². The van der Waals surface area contributed by atoms with Gasteiger partial charge >= 0.3 is 11.7 Å². The Balaban J connectivity index is 2.17. The SMILES string of the molecule is CCOC(=O)c1c(SCC(=O)Nc2cc(Cl)ccc2OC)nc(=O)[nH]c1C. The Bertz CT molecular complexity index is 916. The van der Waals surface area contributed by atoms with Crippen molar-refractivity contribution in [3.63, 3.8) is 0 Å². The van der Waals surface area contributed by atoms with Gasteiger partial charge in [-0.2, -0.15) is 4.98 Å². The lowest BCUT2D eigenvalue weighted by atomic mass is 10.2. The topological polar surface area (TPSA) is 110 Å². The first-order chi connectivity index (χ1) is 12.8. The Morgan fingerprint density at radius 2 is 2.11 bits per heavy atom. The third kappa shape index (κ3) is 5.48. The summed E-state index contributed by atoms with van der Waals surface area (Å²) in [6.45, 7) is 3.41. The summed E-state index contributed by atoms with van der Waals surface area (Å²) < 4.78 is 10.2. The molecule has 0 atom stereocenters. The molecule has 8 nitrogen and oxygen atoms in total. The predicted octanol–water partition coefficient (Wildman–Crippen LogP) is 2.65. The van der Waals surface area contributed by atoms with Gasteiger partial charge in [0.25, 0.3) is 0 Å². The minimum absolute atomic E-state index is 0.0854. The van der Waals surface area contributed by atoms with Crippen LogP contribution >= 0.6 is 23.4 Å². The van der Waals surface area contributed by atoms with Gasteiger partial charge in [0, 0.05) is 10.7 Å². The molecule has 0 fully saturated rings. The maximum absolute atomic E-state index is 12.3. The number of ether oxygens (including phenoxy) is 2. The zero-order valence-corrected chi connectivity index (χ0v) is 16.5. The lowest BCUT2D eigenvalue weighted by Crippen LogP contribution is -2.21. The van der Waals surface area contributed by atoms with Crippen LogP contribution in [0.15, 0.2) is 28.0 Å². The minimum Gasteiger partial charge on any atom is -0.495 e. The number of methoxy groups -OCH3 is 1. The molecule has 0 saturated heterocycles. The Labute approximate surface area is 164 Å². The third-order valence-electron chi connectivity index (χ3n) is 3.34. The van der Waals surface area contributed by atoms with Crippen LogP contribution in [0.5, 0.6) is 5.75 Å². The van der Waals surface area contributed by atoms with Gasteiger partial charge in [0.05, 0.1) is 25.2 Å². The summed E-state index contributed by atoms with van der Waals surface area (Å²) in [7, 11) is 1.47. The molecule has 2 rings (SSSR count). The summed E-state index contributed by atoms with van der Waals surface area (Å²) in [6.07, 6.45) is 0. The van der Waals surface area contributed by atoms with Gasteiger partial charge in [-0.3, -0.25) is 4.79 Å². The minimum atomic E-state index is -0.613. The van der Waals surface area contributed by atoms with Crippen LogP contribution in [0.3, 0.4) is 0 Å². The van der Waals surface area contributed by atoms with Crippen molar-refractivity contribution in [1.82, 2.24) is 9.97 Å². The molecule has 0 aliphatic carbocycles. The largest absolute Gasteiger partial charge is 0.495 e. The Morgan fingerprint density at radius 1 is 1.37 bits per heavy atom. The fourth-order valence-electron chi connectivity index (χ4n) is 2.21. The lowest BCUT2D eigenvalue weighted by Gasteiger charge is -2.12. The van der Waals surface area contributed by atoms with Crippen LogP contribution < -0.4 is 15.7 Å². The molecule has 1 aromatic heterocycles. The zero-order chi connectivity index (χ0) is 20.0. The van der Waals surface area contributed by atoms with Crippen molar-refractivity contribution >= 4 is 40.9 Å². The van der Waals surface area contributed by atoms with Gasteiger partial charge in [-0.05, 0) is 32.0 Å². The number of aromatic nitrogens is 2. The van der Waals surface area contributed by atoms with Crippen LogP contribution in [0, 0.1) is 6.92 Å². The number of esters is 1. The summed E-state index contributed by atoms with van der Waals surface area (Å²) >= 11 is 6.90. The summed E-state index contributed by atoms with van der Waals surface area (Å²) in [5.41, 5.74) is 0.263. The van der Waals surface area contributed by atoms with E-state index < -0.39 is 11.7 Å². The summed E-state index contributed by atoms with van der Waals surface area (Å²) in [6, 6.07) is 4.83. The summed E-state index contributed by atoms with van der Waals surface area (Å²) in [5, 5.41) is 3.24. The van der Waals surface area contributed by atoms with Crippen LogP contribution in [0.4, 0.5) is 5.69 Å². The fraction of sp³-hybridized carbons (Fsp3) is 0.294. The van der Waals surface area contributed by atoms with Gasteiger partial charge in [0.15, 0.2) is 0 Å². The van der Waals surface area contributed by atoms with E-state index in [4.69, 9.17) is 21.1 Å². The highest BCUT2D eigenvalue weighted by atomic mass is 35.5. The Morgan fingerprint density at radius 3 is 2.78 bits per heavy atom. The van der Waals surface area contributed by atoms with E-state index in [2.05, 4.69) is 15.3 Å². The second kappa shape index (κ2) is 9.43. The van der Waals surface area contributed by atoms with Crippen molar-refractivity contribution in [2.24, 2.45) is 0 Å². The van der Waals surface area contributed by atoms with E-state index in [1.54, 1.807) is 32.0 Å². The van der Waals surface area contributed by atoms with Gasteiger partial charge in [-0.25, -0.2) is 9.59 Å². The number of carbonyl (C=O) groups excluding carboxylic acids is 2. The van der Waals surface area contributed by atoms with Crippen molar-refractivity contribution in [3.05, 3.63) is 45.0 Å². The predicted molar refractivity (Wildman–Crippen MR) is 103 cm³/mol. The molecule has 0 aliphatic heterocycles. The molecule has 2 aromatic rings. The van der Waals surface area contributed by atoms with E-state index in [1.807, 2.05) is 0 Å². The average Bonchev–Trinajstić information content (AvgIpc) is 2.59. The average molecular weight is 412 g/mol. The quantitative estimate of drug-likeness (QED) is 0.409. The molecule has 144 valence electrons. The number of hydrogen-bond acceptors (Lipinski definition) is 7. The molecule has 0 unspecified atom stereocenters. The number of nitrogens with one attached hydrogen (secondary N) is 2. The number of benzene rings is 1. The molecule has 1 amide bonds. The maximum atomic E-state index is 12.3. The first-order valence-corrected chi connectivity index (χ1v) is 9.26. The molecule has 0 spiro atoms. The van der Waals surface area contributed by atoms with Gasteiger partial charge in [0.1, 0.15) is 16.3 Å². The molecule has 0 bridgehead atoms.